The zero-order valence-electron chi connectivity index (χ0n) is 17.0. The fourth-order valence-electron chi connectivity index (χ4n) is 3.60. The molecule has 0 unspecified atom stereocenters. The van der Waals surface area contributed by atoms with Crippen molar-refractivity contribution in [3.05, 3.63) is 47.8 Å². The number of amides is 2. The largest absolute Gasteiger partial charge is 0.496 e. The maximum Gasteiger partial charge on any atom is 0.265 e. The highest BCUT2D eigenvalue weighted by molar-refractivity contribution is 7.89. The summed E-state index contributed by atoms with van der Waals surface area (Å²) >= 11 is 0. The average Bonchev–Trinajstić information content (AvgIpc) is 3.15. The number of aromatic nitrogens is 1. The van der Waals surface area contributed by atoms with E-state index in [4.69, 9.17) is 10.5 Å². The monoisotopic (exact) mass is 434 g/mol. The third-order valence-corrected chi connectivity index (χ3v) is 7.20. The minimum absolute atomic E-state index is 0.0258. The van der Waals surface area contributed by atoms with Crippen LogP contribution in [0.5, 0.6) is 5.75 Å². The van der Waals surface area contributed by atoms with Gasteiger partial charge in [0.15, 0.2) is 0 Å². The number of piperidine rings is 1. The number of nitrogens with two attached hydrogens (primary N) is 1. The number of hydrogen-bond donors (Lipinski definition) is 2. The van der Waals surface area contributed by atoms with Gasteiger partial charge in [-0.1, -0.05) is 18.2 Å². The molecule has 30 heavy (non-hydrogen) atoms. The summed E-state index contributed by atoms with van der Waals surface area (Å²) in [7, 11) is -0.608. The lowest BCUT2D eigenvalue weighted by Gasteiger charge is -2.30. The van der Waals surface area contributed by atoms with E-state index in [0.717, 1.165) is 5.56 Å². The normalized spacial score (nSPS) is 15.7. The maximum absolute atomic E-state index is 12.9. The third kappa shape index (κ3) is 4.49. The second kappa shape index (κ2) is 8.88. The molecule has 2 amide bonds. The molecule has 1 aliphatic rings. The van der Waals surface area contributed by atoms with Gasteiger partial charge in [-0.25, -0.2) is 8.42 Å². The Labute approximate surface area is 175 Å². The molecule has 0 bridgehead atoms. The number of ether oxygens (including phenoxy) is 1. The number of aryl methyl sites for hydroxylation is 1. The van der Waals surface area contributed by atoms with Crippen molar-refractivity contribution in [1.82, 2.24) is 14.2 Å². The summed E-state index contributed by atoms with van der Waals surface area (Å²) < 4.78 is 33.8. The fraction of sp³-hybridized carbons (Fsp3) is 0.400. The summed E-state index contributed by atoms with van der Waals surface area (Å²) in [6.07, 6.45) is 2.22. The molecule has 10 heteroatoms. The fourth-order valence-corrected chi connectivity index (χ4v) is 5.14. The van der Waals surface area contributed by atoms with Gasteiger partial charge in [-0.2, -0.15) is 4.31 Å². The van der Waals surface area contributed by atoms with Crippen molar-refractivity contribution in [1.29, 1.82) is 0 Å². The molecule has 2 heterocycles. The number of methoxy groups -OCH3 is 1. The maximum atomic E-state index is 12.9. The van der Waals surface area contributed by atoms with E-state index in [2.05, 4.69) is 5.32 Å². The smallest absolute Gasteiger partial charge is 0.265 e. The predicted molar refractivity (Wildman–Crippen MR) is 110 cm³/mol. The lowest BCUT2D eigenvalue weighted by Crippen LogP contribution is -2.42. The number of sulfonamides is 1. The summed E-state index contributed by atoms with van der Waals surface area (Å²) in [5, 5.41) is 2.91. The van der Waals surface area contributed by atoms with Crippen molar-refractivity contribution in [3.63, 3.8) is 0 Å². The SMILES string of the molecule is COc1ccccc1CNC(=O)C1CCN(S(=O)(=O)c2cc(C(N)=O)n(C)c2)CC1. The molecule has 1 saturated heterocycles. The van der Waals surface area contributed by atoms with Gasteiger partial charge >= 0.3 is 0 Å². The number of hydrogen-bond acceptors (Lipinski definition) is 5. The molecule has 0 spiro atoms. The first-order chi connectivity index (χ1) is 14.2. The lowest BCUT2D eigenvalue weighted by molar-refractivity contribution is -0.126. The minimum atomic E-state index is -3.75. The Morgan fingerprint density at radius 1 is 1.23 bits per heavy atom. The summed E-state index contributed by atoms with van der Waals surface area (Å²) in [5.41, 5.74) is 6.27. The number of para-hydroxylation sites is 1. The molecular formula is C20H26N4O5S. The Kier molecular flexibility index (Phi) is 6.47. The Bertz CT molecular complexity index is 1040. The molecule has 0 radical (unpaired) electrons. The second-order valence-electron chi connectivity index (χ2n) is 7.24. The van der Waals surface area contributed by atoms with E-state index in [-0.39, 0.29) is 35.5 Å². The topological polar surface area (TPSA) is 124 Å². The molecular weight excluding hydrogens is 408 g/mol. The van der Waals surface area contributed by atoms with E-state index in [1.54, 1.807) is 14.2 Å². The Morgan fingerprint density at radius 2 is 1.90 bits per heavy atom. The van der Waals surface area contributed by atoms with E-state index in [9.17, 15) is 18.0 Å². The molecule has 2 aromatic rings. The molecule has 162 valence electrons. The number of rotatable bonds is 7. The number of primary amides is 1. The van der Waals surface area contributed by atoms with Gasteiger partial charge in [0.25, 0.3) is 5.91 Å². The van der Waals surface area contributed by atoms with Crippen molar-refractivity contribution in [2.75, 3.05) is 20.2 Å². The van der Waals surface area contributed by atoms with Crippen LogP contribution in [-0.2, 0) is 28.4 Å². The highest BCUT2D eigenvalue weighted by atomic mass is 32.2. The number of nitrogens with zero attached hydrogens (tertiary/aromatic N) is 2. The molecule has 9 nitrogen and oxygen atoms in total. The van der Waals surface area contributed by atoms with E-state index in [1.165, 1.54) is 21.1 Å². The van der Waals surface area contributed by atoms with E-state index < -0.39 is 15.9 Å². The summed E-state index contributed by atoms with van der Waals surface area (Å²) in [4.78, 5) is 24.0. The van der Waals surface area contributed by atoms with Crippen LogP contribution in [0.25, 0.3) is 0 Å². The van der Waals surface area contributed by atoms with Crippen molar-refractivity contribution in [2.45, 2.75) is 24.3 Å². The van der Waals surface area contributed by atoms with Gasteiger partial charge in [-0.05, 0) is 25.0 Å². The second-order valence-corrected chi connectivity index (χ2v) is 9.18. The van der Waals surface area contributed by atoms with Crippen LogP contribution in [0.2, 0.25) is 0 Å². The van der Waals surface area contributed by atoms with Crippen molar-refractivity contribution in [2.24, 2.45) is 18.7 Å². The van der Waals surface area contributed by atoms with Crippen LogP contribution in [0.4, 0.5) is 0 Å². The van der Waals surface area contributed by atoms with Gasteiger partial charge in [-0.3, -0.25) is 9.59 Å². The molecule has 1 aromatic heterocycles. The van der Waals surface area contributed by atoms with Crippen molar-refractivity contribution >= 4 is 21.8 Å². The van der Waals surface area contributed by atoms with Crippen LogP contribution in [0.1, 0.15) is 28.9 Å². The first-order valence-corrected chi connectivity index (χ1v) is 11.0. The van der Waals surface area contributed by atoms with Crippen LogP contribution < -0.4 is 15.8 Å². The van der Waals surface area contributed by atoms with Gasteiger partial charge in [0.1, 0.15) is 16.3 Å². The number of nitrogens with one attached hydrogen (secondary N) is 1. The van der Waals surface area contributed by atoms with Crippen LogP contribution >= 0.6 is 0 Å². The molecule has 3 N–H and O–H groups in total. The molecule has 1 fully saturated rings. The van der Waals surface area contributed by atoms with Gasteiger partial charge in [0.2, 0.25) is 15.9 Å². The Morgan fingerprint density at radius 3 is 2.50 bits per heavy atom. The van der Waals surface area contributed by atoms with Crippen LogP contribution in [0.3, 0.4) is 0 Å². The van der Waals surface area contributed by atoms with Crippen LogP contribution in [0.15, 0.2) is 41.4 Å². The predicted octanol–water partition coefficient (Wildman–Crippen LogP) is 0.850. The standard InChI is InChI=1S/C20H26N4O5S/c1-23-13-16(11-17(23)19(21)25)30(27,28)24-9-7-14(8-10-24)20(26)22-12-15-5-3-4-6-18(15)29-2/h3-6,11,13-14H,7-10,12H2,1-2H3,(H2,21,25)(H,22,26). The summed E-state index contributed by atoms with van der Waals surface area (Å²) in [6, 6.07) is 8.73. The Hall–Kier alpha value is -2.85. The number of carbonyl (C=O) groups is 2. The highest BCUT2D eigenvalue weighted by Gasteiger charge is 2.33. The van der Waals surface area contributed by atoms with E-state index in [1.807, 2.05) is 24.3 Å². The highest BCUT2D eigenvalue weighted by Crippen LogP contribution is 2.25. The van der Waals surface area contributed by atoms with Gasteiger partial charge < -0.3 is 20.4 Å². The van der Waals surface area contributed by atoms with E-state index >= 15 is 0 Å². The lowest BCUT2D eigenvalue weighted by atomic mass is 9.97. The summed E-state index contributed by atoms with van der Waals surface area (Å²) in [6.45, 7) is 0.813. The summed E-state index contributed by atoms with van der Waals surface area (Å²) in [5.74, 6) is -0.349. The molecule has 0 aliphatic carbocycles. The van der Waals surface area contributed by atoms with Crippen LogP contribution in [-0.4, -0.2) is 49.3 Å². The number of benzene rings is 1. The zero-order chi connectivity index (χ0) is 21.9. The van der Waals surface area contributed by atoms with Crippen molar-refractivity contribution < 1.29 is 22.7 Å². The number of carbonyl (C=O) groups excluding carboxylic acids is 2. The Balaban J connectivity index is 1.59. The molecule has 3 rings (SSSR count). The van der Waals surface area contributed by atoms with Gasteiger partial charge in [0.05, 0.1) is 7.11 Å². The van der Waals surface area contributed by atoms with Crippen molar-refractivity contribution in [3.8, 4) is 5.75 Å². The molecule has 0 atom stereocenters. The average molecular weight is 435 g/mol. The quantitative estimate of drug-likeness (QED) is 0.669. The third-order valence-electron chi connectivity index (χ3n) is 5.34. The van der Waals surface area contributed by atoms with Gasteiger partial charge in [0, 0.05) is 44.4 Å². The first-order valence-electron chi connectivity index (χ1n) is 9.60. The minimum Gasteiger partial charge on any atom is -0.496 e. The zero-order valence-corrected chi connectivity index (χ0v) is 17.8. The van der Waals surface area contributed by atoms with Crippen LogP contribution in [0, 0.1) is 5.92 Å². The molecule has 1 aromatic carbocycles. The first kappa shape index (κ1) is 21.8. The van der Waals surface area contributed by atoms with Gasteiger partial charge in [-0.15, -0.1) is 0 Å². The molecule has 1 aliphatic heterocycles. The van der Waals surface area contributed by atoms with E-state index in [0.29, 0.717) is 25.1 Å². The molecule has 0 saturated carbocycles.